The van der Waals surface area contributed by atoms with Gasteiger partial charge in [-0.05, 0) is 57.4 Å². The predicted octanol–water partition coefficient (Wildman–Crippen LogP) is 3.91. The second-order valence-electron chi connectivity index (χ2n) is 8.71. The Hall–Kier alpha value is -0.770. The van der Waals surface area contributed by atoms with Crippen LogP contribution in [-0.4, -0.2) is 42.8 Å². The Morgan fingerprint density at radius 1 is 1.27 bits per heavy atom. The number of ether oxygens (including phenoxy) is 1. The quantitative estimate of drug-likeness (QED) is 0.837. The van der Waals surface area contributed by atoms with Gasteiger partial charge in [-0.3, -0.25) is 0 Å². The summed E-state index contributed by atoms with van der Waals surface area (Å²) in [5, 5.41) is 3.61. The highest BCUT2D eigenvalue weighted by atomic mass is 16.6. The average Bonchev–Trinajstić information content (AvgIpc) is 2.36. The number of nitrogens with one attached hydrogen (secondary N) is 1. The molecular formula is C18H36N2O2. The molecule has 1 atom stereocenters. The molecule has 0 bridgehead atoms. The van der Waals surface area contributed by atoms with Crippen molar-refractivity contribution in [1.82, 2.24) is 10.2 Å². The summed E-state index contributed by atoms with van der Waals surface area (Å²) >= 11 is 0. The van der Waals surface area contributed by atoms with Gasteiger partial charge in [-0.15, -0.1) is 0 Å². The van der Waals surface area contributed by atoms with Gasteiger partial charge in [-0.2, -0.15) is 0 Å². The molecule has 1 fully saturated rings. The molecule has 0 aromatic rings. The van der Waals surface area contributed by atoms with Crippen molar-refractivity contribution in [1.29, 1.82) is 0 Å². The number of carbonyl (C=O) groups excluding carboxylic acids is 1. The Bertz CT molecular complexity index is 359. The molecule has 1 N–H and O–H groups in total. The molecule has 1 amide bonds. The van der Waals surface area contributed by atoms with Crippen molar-refractivity contribution in [3.63, 3.8) is 0 Å². The summed E-state index contributed by atoms with van der Waals surface area (Å²) in [7, 11) is 0. The van der Waals surface area contributed by atoms with E-state index in [1.54, 1.807) is 0 Å². The number of nitrogens with zero attached hydrogens (tertiary/aromatic N) is 1. The second kappa shape index (κ2) is 7.67. The lowest BCUT2D eigenvalue weighted by Crippen LogP contribution is -2.46. The Morgan fingerprint density at radius 3 is 2.45 bits per heavy atom. The van der Waals surface area contributed by atoms with Crippen LogP contribution in [0.1, 0.15) is 61.3 Å². The maximum Gasteiger partial charge on any atom is 0.410 e. The fourth-order valence-corrected chi connectivity index (χ4v) is 2.53. The largest absolute Gasteiger partial charge is 0.444 e. The van der Waals surface area contributed by atoms with Gasteiger partial charge >= 0.3 is 6.09 Å². The molecular weight excluding hydrogens is 276 g/mol. The number of hydrogen-bond acceptors (Lipinski definition) is 3. The number of rotatable bonds is 5. The van der Waals surface area contributed by atoms with Gasteiger partial charge in [0.2, 0.25) is 0 Å². The van der Waals surface area contributed by atoms with E-state index < -0.39 is 5.60 Å². The average molecular weight is 312 g/mol. The zero-order valence-corrected chi connectivity index (χ0v) is 15.7. The molecule has 0 aromatic carbocycles. The van der Waals surface area contributed by atoms with Crippen LogP contribution in [0.2, 0.25) is 0 Å². The Kier molecular flexibility index (Phi) is 6.72. The summed E-state index contributed by atoms with van der Waals surface area (Å²) in [6.45, 7) is 18.5. The summed E-state index contributed by atoms with van der Waals surface area (Å²) in [5.41, 5.74) is -0.108. The molecule has 4 nitrogen and oxygen atoms in total. The molecule has 1 aliphatic rings. The van der Waals surface area contributed by atoms with Crippen LogP contribution in [0.15, 0.2) is 0 Å². The van der Waals surface area contributed by atoms with Crippen LogP contribution < -0.4 is 5.32 Å². The summed E-state index contributed by atoms with van der Waals surface area (Å²) < 4.78 is 5.48. The number of carbonyl (C=O) groups is 1. The predicted molar refractivity (Wildman–Crippen MR) is 92.0 cm³/mol. The van der Waals surface area contributed by atoms with Crippen LogP contribution in [0.3, 0.4) is 0 Å². The van der Waals surface area contributed by atoms with Crippen molar-refractivity contribution < 1.29 is 9.53 Å². The maximum atomic E-state index is 12.2. The van der Waals surface area contributed by atoms with E-state index in [-0.39, 0.29) is 6.09 Å². The highest BCUT2D eigenvalue weighted by molar-refractivity contribution is 5.68. The van der Waals surface area contributed by atoms with Gasteiger partial charge in [0, 0.05) is 19.6 Å². The van der Waals surface area contributed by atoms with E-state index in [9.17, 15) is 4.79 Å². The standard InChI is InChI=1S/C18H36N2O2/c1-14(2)18(6,7)13-19-11-15-9-8-10-20(12-15)16(21)22-17(3,4)5/h14-15,19H,8-13H2,1-7H3. The maximum absolute atomic E-state index is 12.2. The van der Waals surface area contributed by atoms with Crippen molar-refractivity contribution in [2.75, 3.05) is 26.2 Å². The SMILES string of the molecule is CC(C)C(C)(C)CNCC1CCCN(C(=O)OC(C)(C)C)C1. The van der Waals surface area contributed by atoms with Crippen molar-refractivity contribution in [2.45, 2.75) is 66.9 Å². The summed E-state index contributed by atoms with van der Waals surface area (Å²) in [6.07, 6.45) is 2.09. The van der Waals surface area contributed by atoms with Gasteiger partial charge in [-0.25, -0.2) is 4.79 Å². The van der Waals surface area contributed by atoms with E-state index in [1.165, 1.54) is 6.42 Å². The molecule has 130 valence electrons. The third-order valence-corrected chi connectivity index (χ3v) is 4.75. The lowest BCUT2D eigenvalue weighted by Gasteiger charge is -2.35. The highest BCUT2D eigenvalue weighted by Crippen LogP contribution is 2.25. The molecule has 1 aliphatic heterocycles. The molecule has 1 unspecified atom stereocenters. The first-order valence-electron chi connectivity index (χ1n) is 8.70. The molecule has 0 aliphatic carbocycles. The number of likely N-dealkylation sites (tertiary alicyclic amines) is 1. The van der Waals surface area contributed by atoms with E-state index in [0.29, 0.717) is 17.3 Å². The van der Waals surface area contributed by atoms with Crippen molar-refractivity contribution in [3.8, 4) is 0 Å². The molecule has 0 radical (unpaired) electrons. The Labute approximate surface area is 137 Å². The third-order valence-electron chi connectivity index (χ3n) is 4.75. The number of piperidine rings is 1. The van der Waals surface area contributed by atoms with E-state index in [2.05, 4.69) is 33.0 Å². The minimum atomic E-state index is -0.413. The van der Waals surface area contributed by atoms with E-state index in [0.717, 1.165) is 32.6 Å². The Balaban J connectivity index is 2.39. The molecule has 1 rings (SSSR count). The zero-order chi connectivity index (χ0) is 17.0. The normalized spacial score (nSPS) is 20.4. The fourth-order valence-electron chi connectivity index (χ4n) is 2.53. The van der Waals surface area contributed by atoms with Gasteiger partial charge < -0.3 is 15.0 Å². The van der Waals surface area contributed by atoms with Gasteiger partial charge in [0.15, 0.2) is 0 Å². The van der Waals surface area contributed by atoms with Gasteiger partial charge in [0.1, 0.15) is 5.60 Å². The Morgan fingerprint density at radius 2 is 1.91 bits per heavy atom. The molecule has 0 spiro atoms. The lowest BCUT2D eigenvalue weighted by atomic mass is 9.81. The van der Waals surface area contributed by atoms with E-state index in [1.807, 2.05) is 25.7 Å². The van der Waals surface area contributed by atoms with Crippen LogP contribution in [-0.2, 0) is 4.74 Å². The van der Waals surface area contributed by atoms with Crippen LogP contribution in [0, 0.1) is 17.3 Å². The van der Waals surface area contributed by atoms with E-state index >= 15 is 0 Å². The number of amides is 1. The minimum absolute atomic E-state index is 0.167. The molecule has 4 heteroatoms. The summed E-state index contributed by atoms with van der Waals surface area (Å²) in [6, 6.07) is 0. The van der Waals surface area contributed by atoms with Crippen molar-refractivity contribution in [3.05, 3.63) is 0 Å². The van der Waals surface area contributed by atoms with Crippen molar-refractivity contribution in [2.24, 2.45) is 17.3 Å². The van der Waals surface area contributed by atoms with E-state index in [4.69, 9.17) is 4.74 Å². The smallest absolute Gasteiger partial charge is 0.410 e. The first-order chi connectivity index (χ1) is 10.0. The van der Waals surface area contributed by atoms with Crippen molar-refractivity contribution >= 4 is 6.09 Å². The number of hydrogen-bond donors (Lipinski definition) is 1. The molecule has 1 heterocycles. The molecule has 22 heavy (non-hydrogen) atoms. The molecule has 1 saturated heterocycles. The molecule has 0 saturated carbocycles. The summed E-state index contributed by atoms with van der Waals surface area (Å²) in [4.78, 5) is 14.0. The van der Waals surface area contributed by atoms with Crippen LogP contribution in [0.5, 0.6) is 0 Å². The second-order valence-corrected chi connectivity index (χ2v) is 8.71. The fraction of sp³-hybridized carbons (Fsp3) is 0.944. The van der Waals surface area contributed by atoms with Gasteiger partial charge in [-0.1, -0.05) is 27.7 Å². The van der Waals surface area contributed by atoms with Crippen LogP contribution in [0.25, 0.3) is 0 Å². The highest BCUT2D eigenvalue weighted by Gasteiger charge is 2.28. The van der Waals surface area contributed by atoms with Gasteiger partial charge in [0.05, 0.1) is 0 Å². The van der Waals surface area contributed by atoms with Crippen LogP contribution in [0.4, 0.5) is 4.79 Å². The summed E-state index contributed by atoms with van der Waals surface area (Å²) in [5.74, 6) is 1.19. The monoisotopic (exact) mass is 312 g/mol. The van der Waals surface area contributed by atoms with Crippen LogP contribution >= 0.6 is 0 Å². The first kappa shape index (κ1) is 19.3. The zero-order valence-electron chi connectivity index (χ0n) is 15.7. The van der Waals surface area contributed by atoms with Gasteiger partial charge in [0.25, 0.3) is 0 Å². The minimum Gasteiger partial charge on any atom is -0.444 e. The molecule has 0 aromatic heterocycles. The lowest BCUT2D eigenvalue weighted by molar-refractivity contribution is 0.0165. The topological polar surface area (TPSA) is 41.6 Å². The third kappa shape index (κ3) is 6.55. The first-order valence-corrected chi connectivity index (χ1v) is 8.70.